The van der Waals surface area contributed by atoms with Crippen LogP contribution in [0.5, 0.6) is 0 Å². The number of carbonyl (C=O) groups excluding carboxylic acids is 1. The van der Waals surface area contributed by atoms with Crippen LogP contribution in [0.2, 0.25) is 0 Å². The quantitative estimate of drug-likeness (QED) is 0.931. The second-order valence-electron chi connectivity index (χ2n) is 7.27. The van der Waals surface area contributed by atoms with Crippen LogP contribution in [-0.2, 0) is 7.05 Å². The fraction of sp³-hybridized carbons (Fsp3) is 0.765. The summed E-state index contributed by atoms with van der Waals surface area (Å²) in [5, 5.41) is 7.62. The van der Waals surface area contributed by atoms with Crippen molar-refractivity contribution in [3.8, 4) is 0 Å². The molecule has 3 aliphatic rings. The minimum Gasteiger partial charge on any atom is -0.323 e. The Hall–Kier alpha value is -1.56. The summed E-state index contributed by atoms with van der Waals surface area (Å²) in [7, 11) is 1.91. The summed E-state index contributed by atoms with van der Waals surface area (Å²) < 4.78 is 1.81. The van der Waals surface area contributed by atoms with E-state index >= 15 is 0 Å². The summed E-state index contributed by atoms with van der Waals surface area (Å²) in [5.41, 5.74) is 1.13. The van der Waals surface area contributed by atoms with Gasteiger partial charge in [0.1, 0.15) is 5.82 Å². The van der Waals surface area contributed by atoms with Crippen molar-refractivity contribution < 1.29 is 4.79 Å². The Labute approximate surface area is 137 Å². The largest absolute Gasteiger partial charge is 0.323 e. The fourth-order valence-corrected chi connectivity index (χ4v) is 4.03. The average molecular weight is 317 g/mol. The molecule has 2 saturated heterocycles. The molecule has 0 unspecified atom stereocenters. The topological polar surface area (TPSA) is 53.4 Å². The summed E-state index contributed by atoms with van der Waals surface area (Å²) in [6.45, 7) is 4.12. The monoisotopic (exact) mass is 317 g/mol. The van der Waals surface area contributed by atoms with E-state index in [2.05, 4.69) is 21.4 Å². The van der Waals surface area contributed by atoms with Gasteiger partial charge in [-0.2, -0.15) is 5.10 Å². The Morgan fingerprint density at radius 2 is 1.96 bits per heavy atom. The lowest BCUT2D eigenvalue weighted by molar-refractivity contribution is 0.210. The highest BCUT2D eigenvalue weighted by Crippen LogP contribution is 2.36. The highest BCUT2D eigenvalue weighted by atomic mass is 16.2. The van der Waals surface area contributed by atoms with Gasteiger partial charge in [-0.05, 0) is 45.2 Å². The number of nitrogens with zero attached hydrogens (tertiary/aromatic N) is 4. The number of anilines is 1. The summed E-state index contributed by atoms with van der Waals surface area (Å²) in [4.78, 5) is 17.1. The number of nitrogens with one attached hydrogen (secondary N) is 1. The van der Waals surface area contributed by atoms with Crippen LogP contribution in [0.1, 0.15) is 50.1 Å². The van der Waals surface area contributed by atoms with E-state index in [9.17, 15) is 4.79 Å². The number of rotatable bonds is 3. The molecule has 1 aromatic heterocycles. The molecule has 0 spiro atoms. The van der Waals surface area contributed by atoms with Crippen molar-refractivity contribution in [3.63, 3.8) is 0 Å². The van der Waals surface area contributed by atoms with Crippen LogP contribution < -0.4 is 5.32 Å². The maximum absolute atomic E-state index is 12.5. The number of urea groups is 1. The molecule has 3 fully saturated rings. The zero-order chi connectivity index (χ0) is 15.8. The van der Waals surface area contributed by atoms with Crippen molar-refractivity contribution in [2.24, 2.45) is 7.05 Å². The van der Waals surface area contributed by atoms with Crippen LogP contribution in [0.4, 0.5) is 10.6 Å². The summed E-state index contributed by atoms with van der Waals surface area (Å²) >= 11 is 0. The van der Waals surface area contributed by atoms with E-state index < -0.39 is 0 Å². The van der Waals surface area contributed by atoms with Gasteiger partial charge in [-0.3, -0.25) is 14.9 Å². The first-order valence-electron chi connectivity index (χ1n) is 9.04. The highest BCUT2D eigenvalue weighted by molar-refractivity contribution is 5.88. The molecule has 1 N–H and O–H groups in total. The number of aryl methyl sites for hydroxylation is 1. The maximum atomic E-state index is 12.5. The van der Waals surface area contributed by atoms with Crippen molar-refractivity contribution in [1.29, 1.82) is 0 Å². The molecule has 1 aromatic rings. The number of aromatic nitrogens is 2. The molecule has 6 heteroatoms. The Bertz CT molecular complexity index is 574. The lowest BCUT2D eigenvalue weighted by Crippen LogP contribution is -2.38. The van der Waals surface area contributed by atoms with Crippen molar-refractivity contribution in [3.05, 3.63) is 11.8 Å². The number of amides is 2. The first-order chi connectivity index (χ1) is 11.2. The standard InChI is InChI=1S/C17H27N5O/c1-20-16(11-15(19-20)13-5-4-6-13)18-17(23)22-10-7-14(12-22)21-8-2-3-9-21/h11,13-14H,2-10,12H2,1H3,(H,18,23)/t14-/m1/s1. The van der Waals surface area contributed by atoms with Crippen LogP contribution in [0, 0.1) is 0 Å². The molecule has 0 bridgehead atoms. The predicted molar refractivity (Wildman–Crippen MR) is 89.6 cm³/mol. The molecular formula is C17H27N5O. The Morgan fingerprint density at radius 3 is 2.65 bits per heavy atom. The van der Waals surface area contributed by atoms with Crippen molar-refractivity contribution in [1.82, 2.24) is 19.6 Å². The lowest BCUT2D eigenvalue weighted by Gasteiger charge is -2.23. The summed E-state index contributed by atoms with van der Waals surface area (Å²) in [5.74, 6) is 1.42. The minimum atomic E-state index is 0.0230. The van der Waals surface area contributed by atoms with Gasteiger partial charge in [-0.1, -0.05) is 6.42 Å². The minimum absolute atomic E-state index is 0.0230. The van der Waals surface area contributed by atoms with Crippen LogP contribution >= 0.6 is 0 Å². The molecule has 0 radical (unpaired) electrons. The zero-order valence-electron chi connectivity index (χ0n) is 14.0. The van der Waals surface area contributed by atoms with Crippen LogP contribution in [0.25, 0.3) is 0 Å². The third-order valence-electron chi connectivity index (χ3n) is 5.76. The average Bonchev–Trinajstić information content (AvgIpc) is 3.18. The van der Waals surface area contributed by atoms with Gasteiger partial charge in [-0.25, -0.2) is 4.79 Å². The Balaban J connectivity index is 1.35. The van der Waals surface area contributed by atoms with E-state index in [1.165, 1.54) is 45.2 Å². The van der Waals surface area contributed by atoms with Crippen LogP contribution in [0.3, 0.4) is 0 Å². The molecule has 2 amide bonds. The molecule has 1 aliphatic carbocycles. The third kappa shape index (κ3) is 2.96. The van der Waals surface area contributed by atoms with E-state index in [4.69, 9.17) is 0 Å². The molecule has 3 heterocycles. The molecule has 23 heavy (non-hydrogen) atoms. The van der Waals surface area contributed by atoms with Crippen LogP contribution in [-0.4, -0.2) is 57.8 Å². The predicted octanol–water partition coefficient (Wildman–Crippen LogP) is 2.39. The van der Waals surface area contributed by atoms with Gasteiger partial charge in [0, 0.05) is 38.2 Å². The van der Waals surface area contributed by atoms with E-state index in [1.54, 1.807) is 4.68 Å². The first kappa shape index (κ1) is 15.0. The second-order valence-corrected chi connectivity index (χ2v) is 7.27. The summed E-state index contributed by atoms with van der Waals surface area (Å²) in [6, 6.07) is 2.63. The van der Waals surface area contributed by atoms with Gasteiger partial charge >= 0.3 is 6.03 Å². The number of likely N-dealkylation sites (tertiary alicyclic amines) is 2. The molecule has 126 valence electrons. The van der Waals surface area contributed by atoms with Crippen molar-refractivity contribution in [2.75, 3.05) is 31.5 Å². The Kier molecular flexibility index (Phi) is 4.01. The molecule has 4 rings (SSSR count). The first-order valence-corrected chi connectivity index (χ1v) is 9.04. The van der Waals surface area contributed by atoms with E-state index in [0.29, 0.717) is 12.0 Å². The van der Waals surface area contributed by atoms with E-state index in [1.807, 2.05) is 11.9 Å². The van der Waals surface area contributed by atoms with Crippen LogP contribution in [0.15, 0.2) is 6.07 Å². The number of hydrogen-bond acceptors (Lipinski definition) is 3. The van der Waals surface area contributed by atoms with Gasteiger partial charge < -0.3 is 4.90 Å². The van der Waals surface area contributed by atoms with E-state index in [0.717, 1.165) is 31.0 Å². The van der Waals surface area contributed by atoms with Gasteiger partial charge in [0.2, 0.25) is 0 Å². The SMILES string of the molecule is Cn1nc(C2CCC2)cc1NC(=O)N1CC[C@@H](N2CCCC2)C1. The molecule has 1 saturated carbocycles. The van der Waals surface area contributed by atoms with Gasteiger partial charge in [0.15, 0.2) is 0 Å². The third-order valence-corrected chi connectivity index (χ3v) is 5.76. The lowest BCUT2D eigenvalue weighted by atomic mass is 9.83. The normalized spacial score (nSPS) is 25.8. The smallest absolute Gasteiger partial charge is 0.323 e. The van der Waals surface area contributed by atoms with Gasteiger partial charge in [-0.15, -0.1) is 0 Å². The summed E-state index contributed by atoms with van der Waals surface area (Å²) in [6.07, 6.45) is 7.48. The fourth-order valence-electron chi connectivity index (χ4n) is 4.03. The second kappa shape index (κ2) is 6.15. The van der Waals surface area contributed by atoms with Gasteiger partial charge in [0.05, 0.1) is 5.69 Å². The number of carbonyl (C=O) groups is 1. The number of hydrogen-bond donors (Lipinski definition) is 1. The molecular weight excluding hydrogens is 290 g/mol. The van der Waals surface area contributed by atoms with Crippen molar-refractivity contribution >= 4 is 11.8 Å². The zero-order valence-corrected chi connectivity index (χ0v) is 14.0. The molecule has 0 aromatic carbocycles. The molecule has 6 nitrogen and oxygen atoms in total. The molecule has 2 aliphatic heterocycles. The highest BCUT2D eigenvalue weighted by Gasteiger charge is 2.32. The maximum Gasteiger partial charge on any atom is 0.323 e. The van der Waals surface area contributed by atoms with Crippen molar-refractivity contribution in [2.45, 2.75) is 50.5 Å². The Morgan fingerprint density at radius 1 is 1.17 bits per heavy atom. The van der Waals surface area contributed by atoms with E-state index in [-0.39, 0.29) is 6.03 Å². The van der Waals surface area contributed by atoms with Gasteiger partial charge in [0.25, 0.3) is 0 Å². The molecule has 1 atom stereocenters.